The molecule has 1 nitrogen and oxygen atoms in total. The van der Waals surface area contributed by atoms with Crippen molar-refractivity contribution in [1.82, 2.24) is 5.32 Å². The molecule has 0 unspecified atom stereocenters. The van der Waals surface area contributed by atoms with Crippen LogP contribution in [0.15, 0.2) is 0 Å². The summed E-state index contributed by atoms with van der Waals surface area (Å²) < 4.78 is 0. The molecule has 0 aromatic rings. The van der Waals surface area contributed by atoms with Crippen LogP contribution in [0, 0.1) is 5.92 Å². The van der Waals surface area contributed by atoms with Gasteiger partial charge in [-0.2, -0.15) is 11.8 Å². The summed E-state index contributed by atoms with van der Waals surface area (Å²) in [5.41, 5.74) is 0. The van der Waals surface area contributed by atoms with E-state index in [4.69, 9.17) is 11.6 Å². The molecule has 1 fully saturated rings. The van der Waals surface area contributed by atoms with E-state index in [1.807, 2.05) is 11.8 Å². The van der Waals surface area contributed by atoms with E-state index in [1.165, 1.54) is 56.7 Å². The fourth-order valence-corrected chi connectivity index (χ4v) is 2.96. The summed E-state index contributed by atoms with van der Waals surface area (Å²) in [6.07, 6.45) is 6.40. The van der Waals surface area contributed by atoms with Crippen LogP contribution in [-0.2, 0) is 0 Å². The second-order valence-corrected chi connectivity index (χ2v) is 6.38. The van der Waals surface area contributed by atoms with E-state index in [2.05, 4.69) is 12.2 Å². The number of rotatable bonds is 7. The minimum absolute atomic E-state index is 0.460. The predicted molar refractivity (Wildman–Crippen MR) is 72.1 cm³/mol. The Morgan fingerprint density at radius 1 is 1.27 bits per heavy atom. The van der Waals surface area contributed by atoms with Crippen molar-refractivity contribution in [2.75, 3.05) is 24.6 Å². The lowest BCUT2D eigenvalue weighted by Crippen LogP contribution is -2.27. The van der Waals surface area contributed by atoms with E-state index in [1.54, 1.807) is 0 Å². The van der Waals surface area contributed by atoms with E-state index in [9.17, 15) is 0 Å². The third-order valence-corrected chi connectivity index (χ3v) is 4.48. The Morgan fingerprint density at radius 2 is 2.00 bits per heavy atom. The van der Waals surface area contributed by atoms with Crippen molar-refractivity contribution in [1.29, 1.82) is 0 Å². The van der Waals surface area contributed by atoms with Gasteiger partial charge in [0, 0.05) is 5.38 Å². The molecule has 0 aliphatic heterocycles. The van der Waals surface area contributed by atoms with Crippen LogP contribution in [0.1, 0.15) is 39.0 Å². The highest BCUT2D eigenvalue weighted by Crippen LogP contribution is 2.26. The zero-order chi connectivity index (χ0) is 10.9. The summed E-state index contributed by atoms with van der Waals surface area (Å²) in [6.45, 7) is 4.62. The van der Waals surface area contributed by atoms with E-state index >= 15 is 0 Å². The van der Waals surface area contributed by atoms with Gasteiger partial charge in [0.25, 0.3) is 0 Å². The average molecular weight is 250 g/mol. The lowest BCUT2D eigenvalue weighted by Gasteiger charge is -2.25. The van der Waals surface area contributed by atoms with Gasteiger partial charge in [0.1, 0.15) is 0 Å². The van der Waals surface area contributed by atoms with Crippen LogP contribution < -0.4 is 5.32 Å². The predicted octanol–water partition coefficient (Wildman–Crippen LogP) is 3.52. The van der Waals surface area contributed by atoms with Gasteiger partial charge in [-0.25, -0.2) is 0 Å². The largest absolute Gasteiger partial charge is 0.316 e. The van der Waals surface area contributed by atoms with Gasteiger partial charge in [-0.15, -0.1) is 11.6 Å². The molecular weight excluding hydrogens is 226 g/mol. The van der Waals surface area contributed by atoms with Crippen LogP contribution in [-0.4, -0.2) is 30.0 Å². The van der Waals surface area contributed by atoms with Gasteiger partial charge in [-0.1, -0.05) is 6.92 Å². The van der Waals surface area contributed by atoms with Gasteiger partial charge in [-0.3, -0.25) is 0 Å². The summed E-state index contributed by atoms with van der Waals surface area (Å²) in [5, 5.41) is 4.03. The third kappa shape index (κ3) is 6.70. The second kappa shape index (κ2) is 8.72. The van der Waals surface area contributed by atoms with Crippen LogP contribution in [0.4, 0.5) is 0 Å². The highest BCUT2D eigenvalue weighted by Gasteiger charge is 2.18. The summed E-state index contributed by atoms with van der Waals surface area (Å²) in [4.78, 5) is 0. The van der Waals surface area contributed by atoms with Crippen molar-refractivity contribution in [3.05, 3.63) is 0 Å². The normalized spacial score (nSPS) is 26.8. The Bertz CT molecular complexity index is 147. The summed E-state index contributed by atoms with van der Waals surface area (Å²) >= 11 is 8.11. The van der Waals surface area contributed by atoms with Gasteiger partial charge >= 0.3 is 0 Å². The van der Waals surface area contributed by atoms with Gasteiger partial charge < -0.3 is 5.32 Å². The van der Waals surface area contributed by atoms with Crippen molar-refractivity contribution < 1.29 is 0 Å². The molecule has 1 rings (SSSR count). The first-order chi connectivity index (χ1) is 7.33. The van der Waals surface area contributed by atoms with E-state index in [0.29, 0.717) is 5.38 Å². The number of nitrogens with one attached hydrogen (secondary N) is 1. The van der Waals surface area contributed by atoms with Gasteiger partial charge in [-0.05, 0) is 62.6 Å². The average Bonchev–Trinajstić information content (AvgIpc) is 2.26. The molecule has 1 aliphatic carbocycles. The zero-order valence-electron chi connectivity index (χ0n) is 9.80. The van der Waals surface area contributed by atoms with Crippen LogP contribution in [0.5, 0.6) is 0 Å². The lowest BCUT2D eigenvalue weighted by molar-refractivity contribution is 0.346. The Kier molecular flexibility index (Phi) is 7.94. The van der Waals surface area contributed by atoms with Crippen molar-refractivity contribution in [3.8, 4) is 0 Å². The molecule has 1 saturated carbocycles. The van der Waals surface area contributed by atoms with Gasteiger partial charge in [0.15, 0.2) is 0 Å². The highest BCUT2D eigenvalue weighted by atomic mass is 35.5. The van der Waals surface area contributed by atoms with E-state index in [0.717, 1.165) is 5.92 Å². The minimum Gasteiger partial charge on any atom is -0.316 e. The maximum atomic E-state index is 6.08. The maximum absolute atomic E-state index is 6.08. The molecule has 0 aromatic carbocycles. The molecule has 0 heterocycles. The first-order valence-electron chi connectivity index (χ1n) is 6.25. The number of hydrogen-bond acceptors (Lipinski definition) is 2. The second-order valence-electron chi connectivity index (χ2n) is 4.37. The number of thioether (sulfide) groups is 1. The molecule has 0 radical (unpaired) electrons. The zero-order valence-corrected chi connectivity index (χ0v) is 11.4. The molecule has 1 N–H and O–H groups in total. The Hall–Kier alpha value is 0.600. The van der Waals surface area contributed by atoms with Gasteiger partial charge in [0.05, 0.1) is 0 Å². The molecule has 1 aliphatic rings. The Balaban J connectivity index is 1.87. The van der Waals surface area contributed by atoms with Crippen molar-refractivity contribution >= 4 is 23.4 Å². The molecule has 3 heteroatoms. The molecule has 0 bridgehead atoms. The van der Waals surface area contributed by atoms with Crippen LogP contribution in [0.25, 0.3) is 0 Å². The molecular formula is C12H24ClNS. The highest BCUT2D eigenvalue weighted by molar-refractivity contribution is 7.99. The molecule has 0 aromatic heterocycles. The molecule has 0 amide bonds. The third-order valence-electron chi connectivity index (χ3n) is 3.06. The van der Waals surface area contributed by atoms with Gasteiger partial charge in [0.2, 0.25) is 0 Å². The van der Waals surface area contributed by atoms with E-state index < -0.39 is 0 Å². The molecule has 0 atom stereocenters. The monoisotopic (exact) mass is 249 g/mol. The standard InChI is InChI=1S/C12H24ClNS/c1-2-15-9-3-8-14-10-11-4-6-12(13)7-5-11/h11-12,14H,2-10H2,1H3. The SMILES string of the molecule is CCSCCCNCC1CCC(Cl)CC1. The Morgan fingerprint density at radius 3 is 2.67 bits per heavy atom. The summed E-state index contributed by atoms with van der Waals surface area (Å²) in [5.74, 6) is 3.44. The van der Waals surface area contributed by atoms with Crippen LogP contribution in [0.2, 0.25) is 0 Å². The topological polar surface area (TPSA) is 12.0 Å². The summed E-state index contributed by atoms with van der Waals surface area (Å²) in [7, 11) is 0. The maximum Gasteiger partial charge on any atom is 0.0336 e. The Labute approximate surface area is 104 Å². The van der Waals surface area contributed by atoms with Crippen LogP contribution >= 0.6 is 23.4 Å². The minimum atomic E-state index is 0.460. The van der Waals surface area contributed by atoms with Crippen molar-refractivity contribution in [3.63, 3.8) is 0 Å². The molecule has 90 valence electrons. The fraction of sp³-hybridized carbons (Fsp3) is 1.00. The first kappa shape index (κ1) is 13.7. The first-order valence-corrected chi connectivity index (χ1v) is 7.84. The molecule has 0 spiro atoms. The smallest absolute Gasteiger partial charge is 0.0336 e. The number of hydrogen-bond donors (Lipinski definition) is 1. The number of alkyl halides is 1. The lowest BCUT2D eigenvalue weighted by atomic mass is 9.89. The van der Waals surface area contributed by atoms with Crippen molar-refractivity contribution in [2.24, 2.45) is 5.92 Å². The summed E-state index contributed by atoms with van der Waals surface area (Å²) in [6, 6.07) is 0. The van der Waals surface area contributed by atoms with E-state index in [-0.39, 0.29) is 0 Å². The fourth-order valence-electron chi connectivity index (χ4n) is 2.08. The van der Waals surface area contributed by atoms with Crippen molar-refractivity contribution in [2.45, 2.75) is 44.4 Å². The molecule has 0 saturated heterocycles. The quantitative estimate of drug-likeness (QED) is 0.547. The molecule has 15 heavy (non-hydrogen) atoms. The number of halogens is 1. The van der Waals surface area contributed by atoms with Crippen LogP contribution in [0.3, 0.4) is 0 Å².